The second kappa shape index (κ2) is 14.5. The molecule has 8 heteroatoms. The van der Waals surface area contributed by atoms with Crippen molar-refractivity contribution < 1.29 is 19.1 Å². The highest BCUT2D eigenvalue weighted by Gasteiger charge is 2.38. The van der Waals surface area contributed by atoms with E-state index >= 15 is 0 Å². The standard InChI is InChI=1S/C32H37N3O4S/c1-5-27(30(37)35-28(22(2)3)31(38)39-4)34-29(36)26(33)21-40-32(23-15-9-6-10-16-23,24-17-11-7-12-18-24)25-19-13-8-14-20-25/h5-20,22,26,28H,21,33H2,1-4H3,(H,34,36)(H,35,37)/b27-5-/t26-,28+/m1/s1. The Morgan fingerprint density at radius 2 is 1.32 bits per heavy atom. The molecule has 0 bridgehead atoms. The Kier molecular flexibility index (Phi) is 11.1. The second-order valence-corrected chi connectivity index (χ2v) is 10.8. The highest BCUT2D eigenvalue weighted by molar-refractivity contribution is 8.00. The van der Waals surface area contributed by atoms with Gasteiger partial charge in [-0.3, -0.25) is 9.59 Å². The van der Waals surface area contributed by atoms with E-state index in [-0.39, 0.29) is 17.4 Å². The largest absolute Gasteiger partial charge is 0.467 e. The summed E-state index contributed by atoms with van der Waals surface area (Å²) in [5.41, 5.74) is 9.60. The van der Waals surface area contributed by atoms with Gasteiger partial charge in [0.05, 0.1) is 17.9 Å². The number of nitrogens with one attached hydrogen (secondary N) is 2. The minimum absolute atomic E-state index is 0.0143. The minimum Gasteiger partial charge on any atom is -0.467 e. The van der Waals surface area contributed by atoms with Crippen LogP contribution in [0, 0.1) is 5.92 Å². The summed E-state index contributed by atoms with van der Waals surface area (Å²) in [7, 11) is 1.26. The molecule has 0 aromatic heterocycles. The van der Waals surface area contributed by atoms with Crippen LogP contribution in [0.4, 0.5) is 0 Å². The third kappa shape index (κ3) is 7.20. The summed E-state index contributed by atoms with van der Waals surface area (Å²) in [4.78, 5) is 38.2. The first-order valence-electron chi connectivity index (χ1n) is 13.2. The van der Waals surface area contributed by atoms with Gasteiger partial charge in [-0.05, 0) is 29.5 Å². The first-order valence-corrected chi connectivity index (χ1v) is 14.1. The van der Waals surface area contributed by atoms with E-state index in [0.717, 1.165) is 16.7 Å². The number of methoxy groups -OCH3 is 1. The second-order valence-electron chi connectivity index (χ2n) is 9.61. The molecule has 3 aromatic carbocycles. The first-order chi connectivity index (χ1) is 19.2. The van der Waals surface area contributed by atoms with Crippen molar-refractivity contribution in [1.82, 2.24) is 10.6 Å². The lowest BCUT2D eigenvalue weighted by molar-refractivity contribution is -0.146. The van der Waals surface area contributed by atoms with E-state index in [1.54, 1.807) is 32.5 Å². The van der Waals surface area contributed by atoms with Gasteiger partial charge in [-0.1, -0.05) is 111 Å². The topological polar surface area (TPSA) is 111 Å². The third-order valence-corrected chi connectivity index (χ3v) is 8.22. The molecule has 3 rings (SSSR count). The molecule has 2 amide bonds. The van der Waals surface area contributed by atoms with Crippen LogP contribution >= 0.6 is 11.8 Å². The Bertz CT molecular complexity index is 1200. The zero-order valence-electron chi connectivity index (χ0n) is 23.3. The van der Waals surface area contributed by atoms with E-state index in [9.17, 15) is 14.4 Å². The highest BCUT2D eigenvalue weighted by Crippen LogP contribution is 2.48. The van der Waals surface area contributed by atoms with E-state index < -0.39 is 34.6 Å². The van der Waals surface area contributed by atoms with Crippen molar-refractivity contribution in [3.8, 4) is 0 Å². The van der Waals surface area contributed by atoms with Gasteiger partial charge in [0.2, 0.25) is 5.91 Å². The van der Waals surface area contributed by atoms with Gasteiger partial charge in [-0.15, -0.1) is 11.8 Å². The smallest absolute Gasteiger partial charge is 0.328 e. The fourth-order valence-electron chi connectivity index (χ4n) is 4.39. The molecule has 0 saturated heterocycles. The number of hydrogen-bond donors (Lipinski definition) is 3. The molecule has 0 saturated carbocycles. The fourth-order valence-corrected chi connectivity index (χ4v) is 5.88. The van der Waals surface area contributed by atoms with Crippen molar-refractivity contribution in [2.45, 2.75) is 37.6 Å². The zero-order chi connectivity index (χ0) is 29.1. The van der Waals surface area contributed by atoms with E-state index in [4.69, 9.17) is 10.5 Å². The number of ether oxygens (including phenoxy) is 1. The van der Waals surface area contributed by atoms with Crippen molar-refractivity contribution in [3.05, 3.63) is 119 Å². The van der Waals surface area contributed by atoms with Crippen molar-refractivity contribution in [2.75, 3.05) is 12.9 Å². The van der Waals surface area contributed by atoms with Gasteiger partial charge in [0.1, 0.15) is 11.7 Å². The van der Waals surface area contributed by atoms with Gasteiger partial charge >= 0.3 is 5.97 Å². The highest BCUT2D eigenvalue weighted by atomic mass is 32.2. The zero-order valence-corrected chi connectivity index (χ0v) is 24.1. The molecular formula is C32H37N3O4S. The predicted molar refractivity (Wildman–Crippen MR) is 160 cm³/mol. The minimum atomic E-state index is -0.926. The van der Waals surface area contributed by atoms with Gasteiger partial charge < -0.3 is 21.1 Å². The van der Waals surface area contributed by atoms with Gasteiger partial charge in [-0.25, -0.2) is 4.79 Å². The van der Waals surface area contributed by atoms with Gasteiger partial charge in [0.25, 0.3) is 5.91 Å². The third-order valence-electron chi connectivity index (χ3n) is 6.56. The molecule has 2 atom stereocenters. The van der Waals surface area contributed by atoms with Gasteiger partial charge in [0.15, 0.2) is 0 Å². The molecular weight excluding hydrogens is 522 g/mol. The van der Waals surface area contributed by atoms with E-state index in [1.807, 2.05) is 54.6 Å². The Balaban J connectivity index is 1.85. The van der Waals surface area contributed by atoms with Crippen LogP contribution < -0.4 is 16.4 Å². The average Bonchev–Trinajstić information content (AvgIpc) is 2.99. The van der Waals surface area contributed by atoms with Crippen LogP contribution in [0.15, 0.2) is 103 Å². The van der Waals surface area contributed by atoms with E-state index in [2.05, 4.69) is 47.0 Å². The Morgan fingerprint density at radius 1 is 0.875 bits per heavy atom. The number of amides is 2. The molecule has 0 fully saturated rings. The molecule has 0 unspecified atom stereocenters. The van der Waals surface area contributed by atoms with Crippen LogP contribution in [0.1, 0.15) is 37.5 Å². The lowest BCUT2D eigenvalue weighted by Gasteiger charge is -2.36. The summed E-state index contributed by atoms with van der Waals surface area (Å²) in [6.07, 6.45) is 1.48. The maximum Gasteiger partial charge on any atom is 0.328 e. The Labute approximate surface area is 240 Å². The Morgan fingerprint density at radius 3 is 1.70 bits per heavy atom. The molecule has 0 spiro atoms. The average molecular weight is 560 g/mol. The van der Waals surface area contributed by atoms with Crippen LogP contribution in [0.3, 0.4) is 0 Å². The molecule has 0 radical (unpaired) electrons. The molecule has 210 valence electrons. The molecule has 0 aliphatic rings. The van der Waals surface area contributed by atoms with Gasteiger partial charge in [-0.2, -0.15) is 0 Å². The molecule has 0 aliphatic heterocycles. The molecule has 40 heavy (non-hydrogen) atoms. The normalized spacial score (nSPS) is 13.3. The quantitative estimate of drug-likeness (QED) is 0.173. The number of benzene rings is 3. The van der Waals surface area contributed by atoms with Crippen LogP contribution in [-0.4, -0.2) is 42.7 Å². The molecule has 7 nitrogen and oxygen atoms in total. The number of thioether (sulfide) groups is 1. The number of carbonyl (C=O) groups is 3. The van der Waals surface area contributed by atoms with Crippen LogP contribution in [0.2, 0.25) is 0 Å². The predicted octanol–water partition coefficient (Wildman–Crippen LogP) is 4.37. The summed E-state index contributed by atoms with van der Waals surface area (Å²) < 4.78 is 4.17. The number of allylic oxidation sites excluding steroid dienone is 1. The Hall–Kier alpha value is -3.88. The van der Waals surface area contributed by atoms with Crippen LogP contribution in [0.5, 0.6) is 0 Å². The first kappa shape index (κ1) is 30.7. The van der Waals surface area contributed by atoms with Crippen LogP contribution in [0.25, 0.3) is 0 Å². The van der Waals surface area contributed by atoms with E-state index in [0.29, 0.717) is 0 Å². The summed E-state index contributed by atoms with van der Waals surface area (Å²) in [6.45, 7) is 5.21. The SMILES string of the molecule is C/C=C(\NC(=O)[C@H](N)CSC(c1ccccc1)(c1ccccc1)c1ccccc1)C(=O)N[C@H](C(=O)OC)C(C)C. The van der Waals surface area contributed by atoms with Crippen LogP contribution in [-0.2, 0) is 23.9 Å². The van der Waals surface area contributed by atoms with E-state index in [1.165, 1.54) is 13.2 Å². The lowest BCUT2D eigenvalue weighted by atomic mass is 9.84. The number of nitrogens with two attached hydrogens (primary N) is 1. The molecule has 0 aliphatic carbocycles. The summed E-state index contributed by atoms with van der Waals surface area (Å²) in [6, 6.07) is 28.6. The summed E-state index contributed by atoms with van der Waals surface area (Å²) in [5.74, 6) is -1.59. The van der Waals surface area contributed by atoms with Crippen molar-refractivity contribution in [2.24, 2.45) is 11.7 Å². The molecule has 4 N–H and O–H groups in total. The van der Waals surface area contributed by atoms with Crippen molar-refractivity contribution >= 4 is 29.5 Å². The number of carbonyl (C=O) groups excluding carboxylic acids is 3. The number of hydrogen-bond acceptors (Lipinski definition) is 6. The van der Waals surface area contributed by atoms with Crippen molar-refractivity contribution in [3.63, 3.8) is 0 Å². The summed E-state index contributed by atoms with van der Waals surface area (Å²) >= 11 is 1.56. The molecule has 0 heterocycles. The number of esters is 1. The fraction of sp³-hybridized carbons (Fsp3) is 0.281. The van der Waals surface area contributed by atoms with Gasteiger partial charge in [0, 0.05) is 5.75 Å². The van der Waals surface area contributed by atoms with Crippen molar-refractivity contribution in [1.29, 1.82) is 0 Å². The maximum absolute atomic E-state index is 13.2. The maximum atomic E-state index is 13.2. The molecule has 3 aromatic rings. The monoisotopic (exact) mass is 559 g/mol. The summed E-state index contributed by atoms with van der Waals surface area (Å²) in [5, 5.41) is 5.28. The number of rotatable bonds is 12. The lowest BCUT2D eigenvalue weighted by Crippen LogP contribution is -2.49.